The van der Waals surface area contributed by atoms with Gasteiger partial charge in [-0.1, -0.05) is 36.8 Å². The van der Waals surface area contributed by atoms with E-state index in [2.05, 4.69) is 49.9 Å². The maximum atomic E-state index is 12.7. The maximum Gasteiger partial charge on any atom is 0.226 e. The van der Waals surface area contributed by atoms with Gasteiger partial charge in [0.1, 0.15) is 0 Å². The van der Waals surface area contributed by atoms with Crippen molar-refractivity contribution in [1.82, 2.24) is 4.90 Å². The van der Waals surface area contributed by atoms with Crippen LogP contribution < -0.4 is 0 Å². The Morgan fingerprint density at radius 3 is 2.47 bits per heavy atom. The summed E-state index contributed by atoms with van der Waals surface area (Å²) in [6, 6.07) is 10.4. The van der Waals surface area contributed by atoms with Gasteiger partial charge in [-0.15, -0.1) is 0 Å². The van der Waals surface area contributed by atoms with Crippen molar-refractivity contribution in [2.45, 2.75) is 52.0 Å². The average molecular weight is 259 g/mol. The van der Waals surface area contributed by atoms with Crippen molar-refractivity contribution < 1.29 is 4.79 Å². The lowest BCUT2D eigenvalue weighted by Crippen LogP contribution is -2.48. The van der Waals surface area contributed by atoms with Crippen molar-refractivity contribution in [2.75, 3.05) is 6.54 Å². The summed E-state index contributed by atoms with van der Waals surface area (Å²) in [6.07, 6.45) is 4.21. The molecule has 2 rings (SSSR count). The van der Waals surface area contributed by atoms with E-state index in [-0.39, 0.29) is 11.5 Å². The van der Waals surface area contributed by atoms with E-state index in [0.717, 1.165) is 32.2 Å². The fraction of sp³-hybridized carbons (Fsp3) is 0.588. The minimum absolute atomic E-state index is 0.0592. The van der Waals surface area contributed by atoms with Gasteiger partial charge in [0.2, 0.25) is 5.91 Å². The number of hydrogen-bond donors (Lipinski definition) is 0. The lowest BCUT2D eigenvalue weighted by atomic mass is 9.93. The molecule has 1 aromatic carbocycles. The molecule has 1 aromatic rings. The molecule has 1 amide bonds. The highest BCUT2D eigenvalue weighted by Crippen LogP contribution is 2.26. The van der Waals surface area contributed by atoms with E-state index in [4.69, 9.17) is 0 Å². The number of nitrogens with zero attached hydrogens (tertiary/aromatic N) is 1. The van der Waals surface area contributed by atoms with Crippen molar-refractivity contribution >= 4 is 5.91 Å². The van der Waals surface area contributed by atoms with Gasteiger partial charge in [-0.05, 0) is 45.6 Å². The molecule has 0 N–H and O–H groups in total. The third-order valence-electron chi connectivity index (χ3n) is 3.93. The van der Waals surface area contributed by atoms with Crippen molar-refractivity contribution in [1.29, 1.82) is 0 Å². The predicted octanol–water partition coefficient (Wildman–Crippen LogP) is 3.66. The van der Waals surface area contributed by atoms with Gasteiger partial charge in [-0.25, -0.2) is 0 Å². The molecule has 0 saturated carbocycles. The lowest BCUT2D eigenvalue weighted by molar-refractivity contribution is -0.139. The average Bonchev–Trinajstić information content (AvgIpc) is 2.53. The molecule has 104 valence electrons. The minimum atomic E-state index is -0.0592. The van der Waals surface area contributed by atoms with Gasteiger partial charge in [0.05, 0.1) is 0 Å². The largest absolute Gasteiger partial charge is 0.338 e. The highest BCUT2D eigenvalue weighted by atomic mass is 16.2. The number of amides is 1. The molecule has 2 heteroatoms. The second-order valence-corrected chi connectivity index (χ2v) is 6.54. The summed E-state index contributed by atoms with van der Waals surface area (Å²) >= 11 is 0. The van der Waals surface area contributed by atoms with Crippen LogP contribution in [0.3, 0.4) is 0 Å². The smallest absolute Gasteiger partial charge is 0.226 e. The van der Waals surface area contributed by atoms with E-state index in [0.29, 0.717) is 5.91 Å². The van der Waals surface area contributed by atoms with Crippen molar-refractivity contribution in [2.24, 2.45) is 5.92 Å². The fourth-order valence-corrected chi connectivity index (χ4v) is 2.87. The summed E-state index contributed by atoms with van der Waals surface area (Å²) in [5, 5.41) is 0. The van der Waals surface area contributed by atoms with E-state index in [1.165, 1.54) is 5.56 Å². The second-order valence-electron chi connectivity index (χ2n) is 6.54. The van der Waals surface area contributed by atoms with E-state index < -0.39 is 0 Å². The molecule has 0 radical (unpaired) electrons. The van der Waals surface area contributed by atoms with Crippen molar-refractivity contribution in [3.05, 3.63) is 35.9 Å². The van der Waals surface area contributed by atoms with Crippen LogP contribution in [0.4, 0.5) is 0 Å². The molecule has 1 saturated heterocycles. The molecule has 1 unspecified atom stereocenters. The van der Waals surface area contributed by atoms with Gasteiger partial charge < -0.3 is 4.90 Å². The Morgan fingerprint density at radius 2 is 1.84 bits per heavy atom. The second kappa shape index (κ2) is 5.77. The molecular weight excluding hydrogens is 234 g/mol. The predicted molar refractivity (Wildman–Crippen MR) is 79.0 cm³/mol. The number of benzene rings is 1. The summed E-state index contributed by atoms with van der Waals surface area (Å²) in [7, 11) is 0. The molecule has 1 atom stereocenters. The van der Waals surface area contributed by atoms with Crippen LogP contribution in [-0.4, -0.2) is 22.9 Å². The van der Waals surface area contributed by atoms with E-state index in [1.807, 2.05) is 6.07 Å². The SMILES string of the molecule is CC(C)(C)N1CCCCC(Cc2ccccc2)C1=O. The summed E-state index contributed by atoms with van der Waals surface area (Å²) < 4.78 is 0. The third-order valence-corrected chi connectivity index (χ3v) is 3.93. The zero-order chi connectivity index (χ0) is 13.9. The fourth-order valence-electron chi connectivity index (χ4n) is 2.87. The van der Waals surface area contributed by atoms with Crippen molar-refractivity contribution in [3.8, 4) is 0 Å². The van der Waals surface area contributed by atoms with Crippen molar-refractivity contribution in [3.63, 3.8) is 0 Å². The molecule has 1 aliphatic heterocycles. The first kappa shape index (κ1) is 14.1. The summed E-state index contributed by atoms with van der Waals surface area (Å²) in [4.78, 5) is 14.8. The van der Waals surface area contributed by atoms with Gasteiger partial charge in [-0.3, -0.25) is 4.79 Å². The van der Waals surface area contributed by atoms with Crippen LogP contribution in [0.1, 0.15) is 45.6 Å². The van der Waals surface area contributed by atoms with E-state index in [9.17, 15) is 4.79 Å². The third kappa shape index (κ3) is 3.59. The number of rotatable bonds is 2. The first-order valence-electron chi connectivity index (χ1n) is 7.34. The highest BCUT2D eigenvalue weighted by molar-refractivity contribution is 5.80. The Morgan fingerprint density at radius 1 is 1.16 bits per heavy atom. The molecule has 19 heavy (non-hydrogen) atoms. The molecule has 0 bridgehead atoms. The monoisotopic (exact) mass is 259 g/mol. The molecule has 1 heterocycles. The lowest BCUT2D eigenvalue weighted by Gasteiger charge is -2.36. The van der Waals surface area contributed by atoms with Gasteiger partial charge in [0.25, 0.3) is 0 Å². The molecule has 1 fully saturated rings. The van der Waals surface area contributed by atoms with Gasteiger partial charge in [0, 0.05) is 18.0 Å². The molecule has 0 spiro atoms. The summed E-state index contributed by atoms with van der Waals surface area (Å²) in [5.41, 5.74) is 1.22. The van der Waals surface area contributed by atoms with Crippen LogP contribution >= 0.6 is 0 Å². The highest BCUT2D eigenvalue weighted by Gasteiger charge is 2.33. The zero-order valence-electron chi connectivity index (χ0n) is 12.4. The van der Waals surface area contributed by atoms with Crippen LogP contribution in [0, 0.1) is 5.92 Å². The Hall–Kier alpha value is -1.31. The normalized spacial score (nSPS) is 21.3. The quantitative estimate of drug-likeness (QED) is 0.794. The van der Waals surface area contributed by atoms with Gasteiger partial charge >= 0.3 is 0 Å². The Bertz CT molecular complexity index is 419. The molecule has 0 aromatic heterocycles. The Kier molecular flexibility index (Phi) is 4.28. The standard InChI is InChI=1S/C17H25NO/c1-17(2,3)18-12-8-7-11-15(16(18)19)13-14-9-5-4-6-10-14/h4-6,9-10,15H,7-8,11-13H2,1-3H3. The molecular formula is C17H25NO. The van der Waals surface area contributed by atoms with Crippen LogP contribution in [-0.2, 0) is 11.2 Å². The number of carbonyl (C=O) groups is 1. The first-order valence-corrected chi connectivity index (χ1v) is 7.34. The number of carbonyl (C=O) groups excluding carboxylic acids is 1. The van der Waals surface area contributed by atoms with Gasteiger partial charge in [0.15, 0.2) is 0 Å². The molecule has 2 nitrogen and oxygen atoms in total. The molecule has 0 aliphatic carbocycles. The number of hydrogen-bond acceptors (Lipinski definition) is 1. The number of likely N-dealkylation sites (tertiary alicyclic amines) is 1. The van der Waals surface area contributed by atoms with Gasteiger partial charge in [-0.2, -0.15) is 0 Å². The maximum absolute atomic E-state index is 12.7. The van der Waals surface area contributed by atoms with Crippen LogP contribution in [0.15, 0.2) is 30.3 Å². The summed E-state index contributed by atoms with van der Waals surface area (Å²) in [5.74, 6) is 0.498. The first-order chi connectivity index (χ1) is 8.98. The topological polar surface area (TPSA) is 20.3 Å². The summed E-state index contributed by atoms with van der Waals surface area (Å²) in [6.45, 7) is 7.31. The Labute approximate surface area is 116 Å². The van der Waals surface area contributed by atoms with E-state index in [1.54, 1.807) is 0 Å². The van der Waals surface area contributed by atoms with E-state index >= 15 is 0 Å². The minimum Gasteiger partial charge on any atom is -0.338 e. The Balaban J connectivity index is 2.13. The van der Waals surface area contributed by atoms with Crippen LogP contribution in [0.5, 0.6) is 0 Å². The van der Waals surface area contributed by atoms with Crippen LogP contribution in [0.25, 0.3) is 0 Å². The van der Waals surface area contributed by atoms with Crippen LogP contribution in [0.2, 0.25) is 0 Å². The zero-order valence-corrected chi connectivity index (χ0v) is 12.4. The molecule has 1 aliphatic rings.